The molecule has 2 aliphatic rings. The standard InChI is InChI=1S/C21H34N2O2/c1-6-23(7-2)20(25)19(15(3)4)22-17-14-16(5)11-13-21(17)12-9-8-10-18(21)24/h14-15,19H,6-13H2,1-5H3/t19-,21+/m0/s1. The molecule has 0 N–H and O–H groups in total. The summed E-state index contributed by atoms with van der Waals surface area (Å²) in [6, 6.07) is -0.399. The average molecular weight is 347 g/mol. The van der Waals surface area contributed by atoms with Crippen LogP contribution >= 0.6 is 0 Å². The zero-order valence-corrected chi connectivity index (χ0v) is 16.6. The number of hydrogen-bond acceptors (Lipinski definition) is 3. The molecular weight excluding hydrogens is 312 g/mol. The lowest BCUT2D eigenvalue weighted by Gasteiger charge is -2.39. The van der Waals surface area contributed by atoms with Crippen molar-refractivity contribution in [3.63, 3.8) is 0 Å². The van der Waals surface area contributed by atoms with Crippen LogP contribution in [-0.4, -0.2) is 41.4 Å². The van der Waals surface area contributed by atoms with Crippen molar-refractivity contribution in [2.75, 3.05) is 13.1 Å². The minimum Gasteiger partial charge on any atom is -0.341 e. The van der Waals surface area contributed by atoms with Crippen molar-refractivity contribution in [3.8, 4) is 0 Å². The molecule has 0 saturated heterocycles. The van der Waals surface area contributed by atoms with E-state index in [1.807, 2.05) is 32.6 Å². The maximum atomic E-state index is 13.0. The maximum absolute atomic E-state index is 13.0. The smallest absolute Gasteiger partial charge is 0.247 e. The minimum atomic E-state index is -0.436. The van der Waals surface area contributed by atoms with Gasteiger partial charge in [-0.25, -0.2) is 0 Å². The predicted molar refractivity (Wildman–Crippen MR) is 103 cm³/mol. The molecular formula is C21H34N2O2. The molecule has 2 aliphatic carbocycles. The zero-order valence-electron chi connectivity index (χ0n) is 16.6. The average Bonchev–Trinajstić information content (AvgIpc) is 2.58. The van der Waals surface area contributed by atoms with Crippen molar-refractivity contribution in [2.24, 2.45) is 16.3 Å². The monoisotopic (exact) mass is 346 g/mol. The highest BCUT2D eigenvalue weighted by molar-refractivity contribution is 6.16. The van der Waals surface area contributed by atoms with E-state index in [0.717, 1.165) is 37.8 Å². The van der Waals surface area contributed by atoms with Gasteiger partial charge in [-0.2, -0.15) is 0 Å². The van der Waals surface area contributed by atoms with Gasteiger partial charge in [-0.1, -0.05) is 25.8 Å². The second kappa shape index (κ2) is 8.29. The molecule has 140 valence electrons. The Morgan fingerprint density at radius 1 is 1.20 bits per heavy atom. The molecule has 4 heteroatoms. The summed E-state index contributed by atoms with van der Waals surface area (Å²) >= 11 is 0. The summed E-state index contributed by atoms with van der Waals surface area (Å²) in [5, 5.41) is 0. The van der Waals surface area contributed by atoms with Gasteiger partial charge in [0.15, 0.2) is 0 Å². The number of amides is 1. The van der Waals surface area contributed by atoms with Crippen LogP contribution in [0.4, 0.5) is 0 Å². The molecule has 2 rings (SSSR count). The summed E-state index contributed by atoms with van der Waals surface area (Å²) in [7, 11) is 0. The molecule has 0 aromatic carbocycles. The first-order chi connectivity index (χ1) is 11.9. The summed E-state index contributed by atoms with van der Waals surface area (Å²) in [4.78, 5) is 32.6. The molecule has 2 atom stereocenters. The molecule has 0 bridgehead atoms. The number of ketones is 1. The zero-order chi connectivity index (χ0) is 18.6. The Bertz CT molecular complexity index is 572. The van der Waals surface area contributed by atoms with E-state index < -0.39 is 11.5 Å². The lowest BCUT2D eigenvalue weighted by molar-refractivity contribution is -0.133. The SMILES string of the molecule is CCN(CC)C(=O)[C@@H](N=C1C=C(C)CC[C@]12CCCCC2=O)C(C)C. The Hall–Kier alpha value is -1.45. The molecule has 1 amide bonds. The van der Waals surface area contributed by atoms with Crippen molar-refractivity contribution < 1.29 is 9.59 Å². The summed E-state index contributed by atoms with van der Waals surface area (Å²) in [5.74, 6) is 0.536. The topological polar surface area (TPSA) is 49.7 Å². The van der Waals surface area contributed by atoms with Crippen LogP contribution in [0.25, 0.3) is 0 Å². The van der Waals surface area contributed by atoms with Gasteiger partial charge < -0.3 is 4.90 Å². The van der Waals surface area contributed by atoms with Gasteiger partial charge in [0.05, 0.1) is 5.41 Å². The Labute approximate surface area is 152 Å². The van der Waals surface area contributed by atoms with Gasteiger partial charge in [-0.3, -0.25) is 14.6 Å². The number of allylic oxidation sites excluding steroid dienone is 2. The van der Waals surface area contributed by atoms with Crippen LogP contribution in [0.2, 0.25) is 0 Å². The lowest BCUT2D eigenvalue weighted by atomic mass is 9.64. The van der Waals surface area contributed by atoms with Gasteiger partial charge in [0.1, 0.15) is 11.8 Å². The fourth-order valence-corrected chi connectivity index (χ4v) is 4.13. The Morgan fingerprint density at radius 3 is 2.44 bits per heavy atom. The summed E-state index contributed by atoms with van der Waals surface area (Å²) in [6.45, 7) is 11.6. The number of aliphatic imine (C=N–C) groups is 1. The van der Waals surface area contributed by atoms with Crippen LogP contribution in [0.1, 0.15) is 73.1 Å². The second-order valence-electron chi connectivity index (χ2n) is 7.92. The van der Waals surface area contributed by atoms with E-state index >= 15 is 0 Å². The van der Waals surface area contributed by atoms with Crippen molar-refractivity contribution in [3.05, 3.63) is 11.6 Å². The number of rotatable bonds is 5. The summed E-state index contributed by atoms with van der Waals surface area (Å²) < 4.78 is 0. The normalized spacial score (nSPS) is 26.9. The van der Waals surface area contributed by atoms with E-state index in [4.69, 9.17) is 4.99 Å². The Kier molecular flexibility index (Phi) is 6.59. The van der Waals surface area contributed by atoms with Crippen LogP contribution in [-0.2, 0) is 9.59 Å². The summed E-state index contributed by atoms with van der Waals surface area (Å²) in [6.07, 6.45) is 7.52. The van der Waals surface area contributed by atoms with Gasteiger partial charge in [0.25, 0.3) is 0 Å². The third kappa shape index (κ3) is 4.04. The first-order valence-electron chi connectivity index (χ1n) is 9.93. The van der Waals surface area contributed by atoms with Crippen LogP contribution in [0, 0.1) is 11.3 Å². The van der Waals surface area contributed by atoms with Gasteiger partial charge >= 0.3 is 0 Å². The van der Waals surface area contributed by atoms with Gasteiger partial charge in [0.2, 0.25) is 5.91 Å². The summed E-state index contributed by atoms with van der Waals surface area (Å²) in [5.41, 5.74) is 1.70. The maximum Gasteiger partial charge on any atom is 0.247 e. The second-order valence-corrected chi connectivity index (χ2v) is 7.92. The van der Waals surface area contributed by atoms with Crippen molar-refractivity contribution in [1.82, 2.24) is 4.90 Å². The van der Waals surface area contributed by atoms with Crippen LogP contribution < -0.4 is 0 Å². The molecule has 0 aromatic heterocycles. The lowest BCUT2D eigenvalue weighted by Crippen LogP contribution is -2.46. The van der Waals surface area contributed by atoms with Crippen LogP contribution in [0.15, 0.2) is 16.6 Å². The van der Waals surface area contributed by atoms with E-state index in [2.05, 4.69) is 13.0 Å². The number of likely N-dealkylation sites (N-methyl/N-ethyl adjacent to an activating group) is 1. The number of carbonyl (C=O) groups excluding carboxylic acids is 2. The van der Waals surface area contributed by atoms with Crippen molar-refractivity contribution >= 4 is 17.4 Å². The van der Waals surface area contributed by atoms with Crippen LogP contribution in [0.5, 0.6) is 0 Å². The van der Waals surface area contributed by atoms with E-state index in [-0.39, 0.29) is 11.8 Å². The van der Waals surface area contributed by atoms with E-state index in [1.54, 1.807) is 0 Å². The molecule has 0 unspecified atom stereocenters. The third-order valence-electron chi connectivity index (χ3n) is 5.85. The molecule has 0 aromatic rings. The first-order valence-corrected chi connectivity index (χ1v) is 9.93. The highest BCUT2D eigenvalue weighted by Crippen LogP contribution is 2.43. The quantitative estimate of drug-likeness (QED) is 0.749. The van der Waals surface area contributed by atoms with Gasteiger partial charge in [0, 0.05) is 25.2 Å². The minimum absolute atomic E-state index is 0.0857. The highest BCUT2D eigenvalue weighted by Gasteiger charge is 2.45. The molecule has 1 fully saturated rings. The predicted octanol–water partition coefficient (Wildman–Crippen LogP) is 4.19. The molecule has 0 heterocycles. The van der Waals surface area contributed by atoms with Gasteiger partial charge in [-0.15, -0.1) is 0 Å². The molecule has 0 aliphatic heterocycles. The fourth-order valence-electron chi connectivity index (χ4n) is 4.13. The number of hydrogen-bond donors (Lipinski definition) is 0. The first kappa shape index (κ1) is 19.9. The number of carbonyl (C=O) groups is 2. The molecule has 25 heavy (non-hydrogen) atoms. The van der Waals surface area contributed by atoms with E-state index in [9.17, 15) is 9.59 Å². The molecule has 4 nitrogen and oxygen atoms in total. The molecule has 0 radical (unpaired) electrons. The molecule has 1 saturated carbocycles. The highest BCUT2D eigenvalue weighted by atomic mass is 16.2. The van der Waals surface area contributed by atoms with Crippen molar-refractivity contribution in [2.45, 2.75) is 79.2 Å². The Morgan fingerprint density at radius 2 is 1.88 bits per heavy atom. The van der Waals surface area contributed by atoms with E-state index in [0.29, 0.717) is 25.3 Å². The third-order valence-corrected chi connectivity index (χ3v) is 5.85. The number of nitrogens with zero attached hydrogens (tertiary/aromatic N) is 2. The fraction of sp³-hybridized carbons (Fsp3) is 0.762. The Balaban J connectivity index is 2.45. The van der Waals surface area contributed by atoms with Crippen LogP contribution in [0.3, 0.4) is 0 Å². The molecule has 1 spiro atoms. The van der Waals surface area contributed by atoms with Gasteiger partial charge in [-0.05, 0) is 58.4 Å². The number of Topliss-reactive ketones (excluding diaryl/α,β-unsaturated/α-hetero) is 1. The van der Waals surface area contributed by atoms with E-state index in [1.165, 1.54) is 5.57 Å². The van der Waals surface area contributed by atoms with Crippen molar-refractivity contribution in [1.29, 1.82) is 0 Å². The largest absolute Gasteiger partial charge is 0.341 e.